The van der Waals surface area contributed by atoms with Crippen molar-refractivity contribution >= 4 is 11.9 Å². The number of carbonyl (C=O) groups is 2. The normalized spacial score (nSPS) is 37.6. The van der Waals surface area contributed by atoms with Crippen molar-refractivity contribution in [2.45, 2.75) is 38.6 Å². The molecule has 20 heavy (non-hydrogen) atoms. The van der Waals surface area contributed by atoms with Gasteiger partial charge in [0.25, 0.3) is 0 Å². The van der Waals surface area contributed by atoms with Crippen molar-refractivity contribution in [1.82, 2.24) is 5.32 Å². The van der Waals surface area contributed by atoms with E-state index < -0.39 is 23.3 Å². The van der Waals surface area contributed by atoms with Crippen molar-refractivity contribution in [3.63, 3.8) is 0 Å². The number of carbonyl (C=O) groups excluding carboxylic acids is 1. The molecule has 1 aliphatic heterocycles. The summed E-state index contributed by atoms with van der Waals surface area (Å²) in [6, 6.07) is -0.442. The molecule has 0 bridgehead atoms. The second kappa shape index (κ2) is 6.10. The number of carboxylic acid groups (broad SMARTS) is 1. The Balaban J connectivity index is 2.01. The first-order valence-electron chi connectivity index (χ1n) is 7.30. The topological polar surface area (TPSA) is 102 Å². The standard InChI is InChI=1S/C14H24N2O4/c1-9-2-4-14(8-15,5-3-9)13(19)16-11-7-20-6-10(11)12(17)18/h9-11H,2-8,15H2,1H3,(H,16,19)(H,17,18). The van der Waals surface area contributed by atoms with E-state index in [2.05, 4.69) is 12.2 Å². The Kier molecular flexibility index (Phi) is 4.65. The molecule has 0 aromatic heterocycles. The van der Waals surface area contributed by atoms with E-state index in [1.54, 1.807) is 0 Å². The second-order valence-electron chi connectivity index (χ2n) is 6.23. The Morgan fingerprint density at radius 3 is 2.55 bits per heavy atom. The number of hydrogen-bond acceptors (Lipinski definition) is 4. The molecule has 0 aromatic rings. The molecule has 6 heteroatoms. The number of ether oxygens (including phenoxy) is 1. The summed E-state index contributed by atoms with van der Waals surface area (Å²) >= 11 is 0. The van der Waals surface area contributed by atoms with Gasteiger partial charge in [-0.05, 0) is 31.6 Å². The zero-order valence-corrected chi connectivity index (χ0v) is 11.9. The van der Waals surface area contributed by atoms with Gasteiger partial charge in [-0.1, -0.05) is 6.92 Å². The summed E-state index contributed by atoms with van der Waals surface area (Å²) < 4.78 is 5.18. The fourth-order valence-electron chi connectivity index (χ4n) is 3.10. The van der Waals surface area contributed by atoms with Crippen molar-refractivity contribution in [3.8, 4) is 0 Å². The minimum Gasteiger partial charge on any atom is -0.481 e. The van der Waals surface area contributed by atoms with Crippen molar-refractivity contribution in [1.29, 1.82) is 0 Å². The van der Waals surface area contributed by atoms with Gasteiger partial charge in [-0.2, -0.15) is 0 Å². The van der Waals surface area contributed by atoms with Gasteiger partial charge in [0.05, 0.1) is 24.7 Å². The third-order valence-corrected chi connectivity index (χ3v) is 4.82. The van der Waals surface area contributed by atoms with E-state index in [1.165, 1.54) is 0 Å². The zero-order chi connectivity index (χ0) is 14.8. The molecule has 2 rings (SSSR count). The monoisotopic (exact) mass is 284 g/mol. The average molecular weight is 284 g/mol. The van der Waals surface area contributed by atoms with E-state index in [4.69, 9.17) is 15.6 Å². The highest BCUT2D eigenvalue weighted by Crippen LogP contribution is 2.38. The van der Waals surface area contributed by atoms with E-state index in [1.807, 2.05) is 0 Å². The van der Waals surface area contributed by atoms with E-state index in [0.717, 1.165) is 25.7 Å². The smallest absolute Gasteiger partial charge is 0.311 e. The first kappa shape index (κ1) is 15.3. The maximum Gasteiger partial charge on any atom is 0.311 e. The van der Waals surface area contributed by atoms with Crippen LogP contribution in [0.2, 0.25) is 0 Å². The van der Waals surface area contributed by atoms with Gasteiger partial charge < -0.3 is 20.9 Å². The third kappa shape index (κ3) is 2.96. The molecule has 6 nitrogen and oxygen atoms in total. The summed E-state index contributed by atoms with van der Waals surface area (Å²) in [5, 5.41) is 12.0. The van der Waals surface area contributed by atoms with Crippen LogP contribution in [0, 0.1) is 17.3 Å². The van der Waals surface area contributed by atoms with Gasteiger partial charge in [-0.25, -0.2) is 0 Å². The molecule has 1 saturated carbocycles. The molecule has 1 aliphatic carbocycles. The summed E-state index contributed by atoms with van der Waals surface area (Å²) in [7, 11) is 0. The molecule has 2 unspecified atom stereocenters. The van der Waals surface area contributed by atoms with Crippen LogP contribution in [0.5, 0.6) is 0 Å². The first-order chi connectivity index (χ1) is 9.48. The number of carboxylic acids is 1. The predicted molar refractivity (Wildman–Crippen MR) is 73.0 cm³/mol. The fraction of sp³-hybridized carbons (Fsp3) is 0.857. The molecule has 4 N–H and O–H groups in total. The van der Waals surface area contributed by atoms with Crippen LogP contribution in [0.4, 0.5) is 0 Å². The lowest BCUT2D eigenvalue weighted by Crippen LogP contribution is -2.53. The van der Waals surface area contributed by atoms with Crippen LogP contribution >= 0.6 is 0 Å². The van der Waals surface area contributed by atoms with Gasteiger partial charge in [0, 0.05) is 6.54 Å². The van der Waals surface area contributed by atoms with Crippen LogP contribution in [-0.2, 0) is 14.3 Å². The minimum absolute atomic E-state index is 0.103. The zero-order valence-electron chi connectivity index (χ0n) is 11.9. The summed E-state index contributed by atoms with van der Waals surface area (Å²) in [5.41, 5.74) is 5.32. The summed E-state index contributed by atoms with van der Waals surface area (Å²) in [6.45, 7) is 2.92. The van der Waals surface area contributed by atoms with Gasteiger partial charge in [-0.3, -0.25) is 9.59 Å². The molecule has 2 aliphatic rings. The number of amides is 1. The lowest BCUT2D eigenvalue weighted by molar-refractivity contribution is -0.142. The van der Waals surface area contributed by atoms with Crippen LogP contribution in [0.25, 0.3) is 0 Å². The van der Waals surface area contributed by atoms with Crippen molar-refractivity contribution in [2.75, 3.05) is 19.8 Å². The molecular weight excluding hydrogens is 260 g/mol. The van der Waals surface area contributed by atoms with Crippen molar-refractivity contribution in [2.24, 2.45) is 23.0 Å². The molecule has 0 spiro atoms. The maximum atomic E-state index is 12.5. The first-order valence-corrected chi connectivity index (χ1v) is 7.30. The Morgan fingerprint density at radius 1 is 1.35 bits per heavy atom. The Morgan fingerprint density at radius 2 is 2.00 bits per heavy atom. The van der Waals surface area contributed by atoms with Gasteiger partial charge >= 0.3 is 5.97 Å². The van der Waals surface area contributed by atoms with Crippen LogP contribution in [0.1, 0.15) is 32.6 Å². The minimum atomic E-state index is -0.924. The van der Waals surface area contributed by atoms with Gasteiger partial charge in [-0.15, -0.1) is 0 Å². The Hall–Kier alpha value is -1.14. The third-order valence-electron chi connectivity index (χ3n) is 4.82. The van der Waals surface area contributed by atoms with Gasteiger partial charge in [0.2, 0.25) is 5.91 Å². The lowest BCUT2D eigenvalue weighted by Gasteiger charge is -2.38. The Bertz CT molecular complexity index is 377. The molecule has 2 atom stereocenters. The van der Waals surface area contributed by atoms with Crippen molar-refractivity contribution < 1.29 is 19.4 Å². The summed E-state index contributed by atoms with van der Waals surface area (Å²) in [4.78, 5) is 23.6. The number of nitrogens with one attached hydrogen (secondary N) is 1. The van der Waals surface area contributed by atoms with E-state index in [-0.39, 0.29) is 19.1 Å². The molecule has 0 radical (unpaired) electrons. The largest absolute Gasteiger partial charge is 0.481 e. The molecule has 2 fully saturated rings. The van der Waals surface area contributed by atoms with E-state index in [0.29, 0.717) is 12.5 Å². The van der Waals surface area contributed by atoms with Gasteiger partial charge in [0.1, 0.15) is 5.92 Å². The molecule has 1 saturated heterocycles. The SMILES string of the molecule is CC1CCC(CN)(C(=O)NC2COCC2C(=O)O)CC1. The molecular formula is C14H24N2O4. The highest BCUT2D eigenvalue weighted by molar-refractivity contribution is 5.84. The molecule has 114 valence electrons. The second-order valence-corrected chi connectivity index (χ2v) is 6.23. The molecule has 1 heterocycles. The number of rotatable bonds is 4. The highest BCUT2D eigenvalue weighted by atomic mass is 16.5. The summed E-state index contributed by atoms with van der Waals surface area (Å²) in [5.74, 6) is -1.05. The van der Waals surface area contributed by atoms with Crippen LogP contribution in [0.15, 0.2) is 0 Å². The van der Waals surface area contributed by atoms with Crippen molar-refractivity contribution in [3.05, 3.63) is 0 Å². The van der Waals surface area contributed by atoms with E-state index >= 15 is 0 Å². The van der Waals surface area contributed by atoms with Crippen LogP contribution < -0.4 is 11.1 Å². The van der Waals surface area contributed by atoms with E-state index in [9.17, 15) is 9.59 Å². The maximum absolute atomic E-state index is 12.5. The lowest BCUT2D eigenvalue weighted by atomic mass is 9.70. The quantitative estimate of drug-likeness (QED) is 0.691. The number of hydrogen-bond donors (Lipinski definition) is 3. The highest BCUT2D eigenvalue weighted by Gasteiger charge is 2.43. The Labute approximate surface area is 119 Å². The number of nitrogens with two attached hydrogens (primary N) is 1. The molecule has 1 amide bonds. The average Bonchev–Trinajstić information content (AvgIpc) is 2.88. The fourth-order valence-corrected chi connectivity index (χ4v) is 3.10. The summed E-state index contributed by atoms with van der Waals surface area (Å²) in [6.07, 6.45) is 3.55. The van der Waals surface area contributed by atoms with Crippen LogP contribution in [-0.4, -0.2) is 42.8 Å². The predicted octanol–water partition coefficient (Wildman–Crippen LogP) is 0.357. The van der Waals surface area contributed by atoms with Gasteiger partial charge in [0.15, 0.2) is 0 Å². The van der Waals surface area contributed by atoms with Crippen LogP contribution in [0.3, 0.4) is 0 Å². The number of aliphatic carboxylic acids is 1. The molecule has 0 aromatic carbocycles.